The van der Waals surface area contributed by atoms with E-state index in [1.165, 1.54) is 7.05 Å². The molecule has 2 aromatic rings. The van der Waals surface area contributed by atoms with Crippen LogP contribution in [0.25, 0.3) is 0 Å². The van der Waals surface area contributed by atoms with Crippen LogP contribution < -0.4 is 9.80 Å². The number of carbonyl (C=O) groups is 2. The van der Waals surface area contributed by atoms with Gasteiger partial charge in [-0.15, -0.1) is 0 Å². The molecule has 1 aliphatic carbocycles. The molecular weight excluding hydrogens is 426 g/mol. The smallest absolute Gasteiger partial charge is 0.243 e. The molecule has 1 atom stereocenters. The minimum Gasteiger partial charge on any atom is -0.311 e. The summed E-state index contributed by atoms with van der Waals surface area (Å²) < 4.78 is 27.6. The maximum atomic E-state index is 13.2. The maximum Gasteiger partial charge on any atom is 0.243 e. The number of likely N-dealkylation sites (N-methyl/N-ethyl adjacent to an activating group) is 1. The van der Waals surface area contributed by atoms with Crippen molar-refractivity contribution in [3.05, 3.63) is 53.6 Å². The Bertz CT molecular complexity index is 1210. The van der Waals surface area contributed by atoms with E-state index in [0.717, 1.165) is 46.1 Å². The Kier molecular flexibility index (Phi) is 5.09. The first-order chi connectivity index (χ1) is 15.3. The SMILES string of the molecule is CC1Cc2cc(S(=O)(=O)N(C)CC(=O)N3CCc4ccccc43)ccc2N1C(=O)C1CC1. The highest BCUT2D eigenvalue weighted by atomic mass is 32.2. The standard InChI is InChI=1S/C24H27N3O4S/c1-16-13-19-14-20(9-10-22(19)27(16)24(29)18-7-8-18)32(30,31)25(2)15-23(28)26-12-11-17-5-3-4-6-21(17)26/h3-6,9-10,14,16,18H,7-8,11-13,15H2,1-2H3. The number of rotatable bonds is 5. The molecule has 0 radical (unpaired) electrons. The van der Waals surface area contributed by atoms with Crippen LogP contribution >= 0.6 is 0 Å². The van der Waals surface area contributed by atoms with Crippen LogP contribution in [-0.2, 0) is 32.5 Å². The second-order valence-electron chi connectivity index (χ2n) is 9.01. The molecule has 2 amide bonds. The van der Waals surface area contributed by atoms with Crippen LogP contribution in [0.1, 0.15) is 30.9 Å². The van der Waals surface area contributed by atoms with Crippen LogP contribution in [0.15, 0.2) is 47.4 Å². The third-order valence-electron chi connectivity index (χ3n) is 6.68. The maximum absolute atomic E-state index is 13.2. The fourth-order valence-electron chi connectivity index (χ4n) is 4.77. The predicted molar refractivity (Wildman–Crippen MR) is 122 cm³/mol. The van der Waals surface area contributed by atoms with Crippen LogP contribution in [0.2, 0.25) is 0 Å². The first kappa shape index (κ1) is 21.2. The van der Waals surface area contributed by atoms with Gasteiger partial charge in [-0.2, -0.15) is 4.31 Å². The van der Waals surface area contributed by atoms with Crippen LogP contribution in [-0.4, -0.2) is 50.7 Å². The molecule has 0 N–H and O–H groups in total. The zero-order valence-electron chi connectivity index (χ0n) is 18.3. The van der Waals surface area contributed by atoms with Gasteiger partial charge in [0.2, 0.25) is 21.8 Å². The van der Waals surface area contributed by atoms with Crippen molar-refractivity contribution in [3.8, 4) is 0 Å². The molecule has 0 saturated heterocycles. The summed E-state index contributed by atoms with van der Waals surface area (Å²) in [4.78, 5) is 29.2. The molecule has 1 unspecified atom stereocenters. The van der Waals surface area contributed by atoms with Crippen LogP contribution in [0.3, 0.4) is 0 Å². The zero-order valence-corrected chi connectivity index (χ0v) is 19.1. The van der Waals surface area contributed by atoms with E-state index in [1.54, 1.807) is 23.1 Å². The minimum absolute atomic E-state index is 0.0191. The summed E-state index contributed by atoms with van der Waals surface area (Å²) >= 11 is 0. The molecule has 1 fully saturated rings. The molecule has 0 spiro atoms. The molecule has 7 nitrogen and oxygen atoms in total. The summed E-state index contributed by atoms with van der Waals surface area (Å²) in [7, 11) is -2.40. The Morgan fingerprint density at radius 2 is 1.81 bits per heavy atom. The Labute approximate surface area is 188 Å². The van der Waals surface area contributed by atoms with Gasteiger partial charge in [-0.05, 0) is 68.0 Å². The van der Waals surface area contributed by atoms with Crippen molar-refractivity contribution in [2.45, 2.75) is 43.5 Å². The lowest BCUT2D eigenvalue weighted by Gasteiger charge is -2.23. The number of carbonyl (C=O) groups excluding carboxylic acids is 2. The van der Waals surface area contributed by atoms with Gasteiger partial charge >= 0.3 is 0 Å². The summed E-state index contributed by atoms with van der Waals surface area (Å²) in [6.07, 6.45) is 3.27. The quantitative estimate of drug-likeness (QED) is 0.697. The van der Waals surface area contributed by atoms with E-state index in [0.29, 0.717) is 13.0 Å². The van der Waals surface area contributed by atoms with E-state index in [-0.39, 0.29) is 35.2 Å². The number of fused-ring (bicyclic) bond motifs is 2. The molecule has 2 aromatic carbocycles. The van der Waals surface area contributed by atoms with E-state index in [2.05, 4.69) is 0 Å². The van der Waals surface area contributed by atoms with Gasteiger partial charge in [-0.3, -0.25) is 9.59 Å². The topological polar surface area (TPSA) is 78.0 Å². The molecule has 2 heterocycles. The van der Waals surface area contributed by atoms with Crippen LogP contribution in [0.4, 0.5) is 11.4 Å². The number of hydrogen-bond acceptors (Lipinski definition) is 4. The minimum atomic E-state index is -3.84. The van der Waals surface area contributed by atoms with Crippen molar-refractivity contribution in [1.29, 1.82) is 0 Å². The van der Waals surface area contributed by atoms with E-state index >= 15 is 0 Å². The summed E-state index contributed by atoms with van der Waals surface area (Å²) in [6, 6.07) is 12.7. The third-order valence-corrected chi connectivity index (χ3v) is 8.48. The van der Waals surface area contributed by atoms with Gasteiger partial charge in [0, 0.05) is 36.9 Å². The van der Waals surface area contributed by atoms with Crippen molar-refractivity contribution in [2.75, 3.05) is 29.9 Å². The van der Waals surface area contributed by atoms with Gasteiger partial charge in [0.05, 0.1) is 11.4 Å². The number of hydrogen-bond donors (Lipinski definition) is 0. The van der Waals surface area contributed by atoms with Gasteiger partial charge < -0.3 is 9.80 Å². The van der Waals surface area contributed by atoms with Gasteiger partial charge in [0.25, 0.3) is 0 Å². The Morgan fingerprint density at radius 3 is 2.56 bits per heavy atom. The molecule has 32 heavy (non-hydrogen) atoms. The third kappa shape index (κ3) is 3.51. The first-order valence-corrected chi connectivity index (χ1v) is 12.5. The number of anilines is 2. The number of sulfonamides is 1. The first-order valence-electron chi connectivity index (χ1n) is 11.1. The monoisotopic (exact) mass is 453 g/mol. The molecule has 168 valence electrons. The molecular formula is C24H27N3O4S. The summed E-state index contributed by atoms with van der Waals surface area (Å²) in [6.45, 7) is 2.33. The molecule has 5 rings (SSSR count). The van der Waals surface area contributed by atoms with E-state index in [4.69, 9.17) is 0 Å². The fraction of sp³-hybridized carbons (Fsp3) is 0.417. The summed E-state index contributed by atoms with van der Waals surface area (Å²) in [5, 5.41) is 0. The largest absolute Gasteiger partial charge is 0.311 e. The highest BCUT2D eigenvalue weighted by Crippen LogP contribution is 2.39. The average Bonchev–Trinajstić information content (AvgIpc) is 3.44. The number of nitrogens with zero attached hydrogens (tertiary/aromatic N) is 3. The number of benzene rings is 2. The van der Waals surface area contributed by atoms with Gasteiger partial charge in [-0.1, -0.05) is 18.2 Å². The Balaban J connectivity index is 1.34. The molecule has 0 aromatic heterocycles. The van der Waals surface area contributed by atoms with E-state index in [1.807, 2.05) is 36.1 Å². The second kappa shape index (κ2) is 7.71. The van der Waals surface area contributed by atoms with Crippen molar-refractivity contribution in [2.24, 2.45) is 5.92 Å². The predicted octanol–water partition coefficient (Wildman–Crippen LogP) is 2.58. The molecule has 8 heteroatoms. The summed E-state index contributed by atoms with van der Waals surface area (Å²) in [5.74, 6) is 0.0113. The van der Waals surface area contributed by atoms with E-state index < -0.39 is 10.0 Å². The van der Waals surface area contributed by atoms with Crippen molar-refractivity contribution >= 4 is 33.2 Å². The Morgan fingerprint density at radius 1 is 1.06 bits per heavy atom. The lowest BCUT2D eigenvalue weighted by molar-refractivity contribution is -0.120. The molecule has 1 saturated carbocycles. The lowest BCUT2D eigenvalue weighted by atomic mass is 10.1. The zero-order chi connectivity index (χ0) is 22.6. The highest BCUT2D eigenvalue weighted by Gasteiger charge is 2.40. The number of para-hydroxylation sites is 1. The van der Waals surface area contributed by atoms with Gasteiger partial charge in [0.1, 0.15) is 0 Å². The van der Waals surface area contributed by atoms with Crippen molar-refractivity contribution in [1.82, 2.24) is 4.31 Å². The van der Waals surface area contributed by atoms with Crippen LogP contribution in [0, 0.1) is 5.92 Å². The Hall–Kier alpha value is -2.71. The highest BCUT2D eigenvalue weighted by molar-refractivity contribution is 7.89. The average molecular weight is 454 g/mol. The normalized spacial score (nSPS) is 19.9. The fourth-order valence-corrected chi connectivity index (χ4v) is 5.94. The molecule has 0 bridgehead atoms. The number of amides is 2. The van der Waals surface area contributed by atoms with Gasteiger partial charge in [-0.25, -0.2) is 8.42 Å². The lowest BCUT2D eigenvalue weighted by Crippen LogP contribution is -2.40. The van der Waals surface area contributed by atoms with Crippen LogP contribution in [0.5, 0.6) is 0 Å². The van der Waals surface area contributed by atoms with Crippen molar-refractivity contribution < 1.29 is 18.0 Å². The molecule has 2 aliphatic heterocycles. The second-order valence-corrected chi connectivity index (χ2v) is 11.1. The molecule has 3 aliphatic rings. The summed E-state index contributed by atoms with van der Waals surface area (Å²) in [5.41, 5.74) is 3.63. The van der Waals surface area contributed by atoms with E-state index in [9.17, 15) is 18.0 Å². The van der Waals surface area contributed by atoms with Gasteiger partial charge in [0.15, 0.2) is 0 Å². The van der Waals surface area contributed by atoms with Crippen molar-refractivity contribution in [3.63, 3.8) is 0 Å².